The Morgan fingerprint density at radius 2 is 1.87 bits per heavy atom. The molecule has 92 valence electrons. The predicted molar refractivity (Wildman–Crippen MR) is 70.8 cm³/mol. The van der Waals surface area contributed by atoms with Crippen molar-refractivity contribution in [3.8, 4) is 0 Å². The molecule has 3 heteroatoms. The number of nitrogens with zero attached hydrogens (tertiary/aromatic N) is 1. The minimum Gasteiger partial charge on any atom is -0.380 e. The Balaban J connectivity index is 3.16. The third-order valence-corrected chi connectivity index (χ3v) is 2.43. The van der Waals surface area contributed by atoms with Crippen LogP contribution in [-0.4, -0.2) is 43.5 Å². The van der Waals surface area contributed by atoms with E-state index < -0.39 is 0 Å². The molecule has 0 N–H and O–H groups in total. The Labute approximate surface area is 101 Å². The first-order valence-electron chi connectivity index (χ1n) is 5.96. The van der Waals surface area contributed by atoms with Gasteiger partial charge in [-0.1, -0.05) is 20.8 Å². The predicted octanol–water partition coefficient (Wildman–Crippen LogP) is 2.69. The average Bonchev–Trinajstić information content (AvgIpc) is 2.09. The molecule has 0 spiro atoms. The topological polar surface area (TPSA) is 12.5 Å². The fourth-order valence-corrected chi connectivity index (χ4v) is 1.74. The molecule has 0 aromatic heterocycles. The molecule has 0 aliphatic heterocycles. The van der Waals surface area contributed by atoms with Gasteiger partial charge in [0, 0.05) is 24.9 Å². The molecule has 0 bridgehead atoms. The molecule has 0 rings (SSSR count). The van der Waals surface area contributed by atoms with E-state index in [0.29, 0.717) is 5.25 Å². The second-order valence-electron chi connectivity index (χ2n) is 4.76. The third-order valence-electron chi connectivity index (χ3n) is 2.26. The highest BCUT2D eigenvalue weighted by Crippen LogP contribution is 2.03. The largest absolute Gasteiger partial charge is 0.380 e. The lowest BCUT2D eigenvalue weighted by Gasteiger charge is -2.18. The maximum atomic E-state index is 5.57. The van der Waals surface area contributed by atoms with Gasteiger partial charge in [-0.3, -0.25) is 0 Å². The molecule has 0 amide bonds. The molecule has 0 aromatic rings. The van der Waals surface area contributed by atoms with E-state index in [4.69, 9.17) is 4.74 Å². The zero-order chi connectivity index (χ0) is 11.7. The highest BCUT2D eigenvalue weighted by Gasteiger charge is 2.01. The van der Waals surface area contributed by atoms with Gasteiger partial charge in [0.25, 0.3) is 0 Å². The summed E-state index contributed by atoms with van der Waals surface area (Å²) < 4.78 is 5.57. The van der Waals surface area contributed by atoms with Gasteiger partial charge in [-0.05, 0) is 25.8 Å². The van der Waals surface area contributed by atoms with Crippen molar-refractivity contribution < 1.29 is 4.74 Å². The Bertz CT molecular complexity index is 140. The Morgan fingerprint density at radius 3 is 2.40 bits per heavy atom. The molecule has 0 radical (unpaired) electrons. The number of hydrogen-bond acceptors (Lipinski definition) is 3. The lowest BCUT2D eigenvalue weighted by molar-refractivity contribution is 0.107. The number of likely N-dealkylation sites (N-methyl/N-ethyl adjacent to an activating group) is 1. The Kier molecular flexibility index (Phi) is 9.66. The van der Waals surface area contributed by atoms with Crippen LogP contribution < -0.4 is 0 Å². The van der Waals surface area contributed by atoms with Crippen molar-refractivity contribution in [2.24, 2.45) is 5.92 Å². The molecular formula is C12H27NOS. The number of rotatable bonds is 9. The van der Waals surface area contributed by atoms with Crippen LogP contribution in [-0.2, 0) is 4.74 Å². The van der Waals surface area contributed by atoms with Crippen LogP contribution in [0.1, 0.15) is 33.6 Å². The highest BCUT2D eigenvalue weighted by atomic mass is 32.1. The van der Waals surface area contributed by atoms with E-state index in [1.165, 1.54) is 12.8 Å². The van der Waals surface area contributed by atoms with Crippen molar-refractivity contribution in [2.45, 2.75) is 38.9 Å². The van der Waals surface area contributed by atoms with Crippen LogP contribution in [0.2, 0.25) is 0 Å². The van der Waals surface area contributed by atoms with Gasteiger partial charge in [-0.25, -0.2) is 0 Å². The van der Waals surface area contributed by atoms with Crippen LogP contribution in [0.5, 0.6) is 0 Å². The molecule has 0 saturated carbocycles. The molecule has 15 heavy (non-hydrogen) atoms. The minimum absolute atomic E-state index is 0.441. The summed E-state index contributed by atoms with van der Waals surface area (Å²) >= 11 is 4.36. The van der Waals surface area contributed by atoms with Gasteiger partial charge in [0.1, 0.15) is 0 Å². The quantitative estimate of drug-likeness (QED) is 0.485. The molecular weight excluding hydrogens is 206 g/mol. The summed E-state index contributed by atoms with van der Waals surface area (Å²) in [6.45, 7) is 10.4. The minimum atomic E-state index is 0.441. The monoisotopic (exact) mass is 233 g/mol. The van der Waals surface area contributed by atoms with Crippen molar-refractivity contribution in [3.63, 3.8) is 0 Å². The Morgan fingerprint density at radius 1 is 1.20 bits per heavy atom. The fraction of sp³-hybridized carbons (Fsp3) is 1.00. The second-order valence-corrected chi connectivity index (χ2v) is 5.64. The van der Waals surface area contributed by atoms with Crippen LogP contribution in [0.25, 0.3) is 0 Å². The zero-order valence-electron chi connectivity index (χ0n) is 10.7. The third kappa shape index (κ3) is 12.2. The molecule has 1 atom stereocenters. The van der Waals surface area contributed by atoms with Crippen molar-refractivity contribution in [1.82, 2.24) is 4.90 Å². The van der Waals surface area contributed by atoms with Crippen LogP contribution in [0.4, 0.5) is 0 Å². The normalized spacial score (nSPS) is 13.8. The molecule has 0 aromatic carbocycles. The van der Waals surface area contributed by atoms with Gasteiger partial charge >= 0.3 is 0 Å². The van der Waals surface area contributed by atoms with E-state index in [2.05, 4.69) is 45.3 Å². The lowest BCUT2D eigenvalue weighted by Crippen LogP contribution is -2.28. The summed E-state index contributed by atoms with van der Waals surface area (Å²) in [6.07, 6.45) is 2.45. The number of hydrogen-bond donors (Lipinski definition) is 1. The summed E-state index contributed by atoms with van der Waals surface area (Å²) in [5.41, 5.74) is 0. The average molecular weight is 233 g/mol. The zero-order valence-corrected chi connectivity index (χ0v) is 11.6. The summed E-state index contributed by atoms with van der Waals surface area (Å²) in [5.74, 6) is 0.793. The molecule has 0 saturated heterocycles. The van der Waals surface area contributed by atoms with Crippen molar-refractivity contribution in [3.05, 3.63) is 0 Å². The fourth-order valence-electron chi connectivity index (χ4n) is 1.46. The van der Waals surface area contributed by atoms with Gasteiger partial charge in [-0.2, -0.15) is 12.6 Å². The lowest BCUT2D eigenvalue weighted by atomic mass is 10.1. The Hall–Kier alpha value is 0.270. The molecule has 1 unspecified atom stereocenters. The molecule has 0 aliphatic rings. The van der Waals surface area contributed by atoms with Crippen LogP contribution in [0.3, 0.4) is 0 Å². The van der Waals surface area contributed by atoms with E-state index >= 15 is 0 Å². The summed E-state index contributed by atoms with van der Waals surface area (Å²) in [6, 6.07) is 0. The maximum Gasteiger partial charge on any atom is 0.0593 e. The van der Waals surface area contributed by atoms with Crippen molar-refractivity contribution in [2.75, 3.05) is 33.4 Å². The van der Waals surface area contributed by atoms with E-state index in [1.54, 1.807) is 0 Å². The van der Waals surface area contributed by atoms with Crippen molar-refractivity contribution >= 4 is 12.6 Å². The van der Waals surface area contributed by atoms with Crippen LogP contribution in [0.15, 0.2) is 0 Å². The van der Waals surface area contributed by atoms with Crippen LogP contribution in [0, 0.1) is 5.92 Å². The van der Waals surface area contributed by atoms with Gasteiger partial charge < -0.3 is 9.64 Å². The first-order valence-corrected chi connectivity index (χ1v) is 6.48. The highest BCUT2D eigenvalue weighted by molar-refractivity contribution is 7.80. The van der Waals surface area contributed by atoms with Gasteiger partial charge in [0.05, 0.1) is 6.61 Å². The van der Waals surface area contributed by atoms with Crippen LogP contribution >= 0.6 is 12.6 Å². The molecule has 0 aliphatic carbocycles. The van der Waals surface area contributed by atoms with E-state index in [1.807, 2.05) is 0 Å². The maximum absolute atomic E-state index is 5.57. The van der Waals surface area contributed by atoms with E-state index in [-0.39, 0.29) is 0 Å². The SMILES string of the molecule is CC(C)CCCOCCN(C)CC(C)S. The van der Waals surface area contributed by atoms with Gasteiger partial charge in [0.15, 0.2) is 0 Å². The number of thiol groups is 1. The van der Waals surface area contributed by atoms with Gasteiger partial charge in [-0.15, -0.1) is 0 Å². The van der Waals surface area contributed by atoms with E-state index in [0.717, 1.165) is 32.2 Å². The number of ether oxygens (including phenoxy) is 1. The standard InChI is InChI=1S/C12H27NOS/c1-11(2)6-5-8-14-9-7-13(4)10-12(3)15/h11-12,15H,5-10H2,1-4H3. The van der Waals surface area contributed by atoms with E-state index in [9.17, 15) is 0 Å². The molecule has 0 heterocycles. The summed E-state index contributed by atoms with van der Waals surface area (Å²) in [7, 11) is 2.12. The molecule has 2 nitrogen and oxygen atoms in total. The first-order chi connectivity index (χ1) is 7.02. The smallest absolute Gasteiger partial charge is 0.0593 e. The summed E-state index contributed by atoms with van der Waals surface area (Å²) in [4.78, 5) is 2.26. The van der Waals surface area contributed by atoms with Crippen molar-refractivity contribution in [1.29, 1.82) is 0 Å². The second kappa shape index (κ2) is 9.49. The van der Waals surface area contributed by atoms with Gasteiger partial charge in [0.2, 0.25) is 0 Å². The molecule has 0 fully saturated rings. The summed E-state index contributed by atoms with van der Waals surface area (Å²) in [5, 5.41) is 0.441. The first kappa shape index (κ1) is 15.3.